The Hall–Kier alpha value is -4.51. The third kappa shape index (κ3) is 4.82. The Morgan fingerprint density at radius 2 is 1.83 bits per heavy atom. The van der Waals surface area contributed by atoms with Crippen molar-refractivity contribution in [3.05, 3.63) is 95.0 Å². The molecule has 0 spiro atoms. The second-order valence-electron chi connectivity index (χ2n) is 7.76. The van der Waals surface area contributed by atoms with Crippen molar-refractivity contribution >= 4 is 39.8 Å². The van der Waals surface area contributed by atoms with E-state index in [9.17, 15) is 13.6 Å². The molecule has 5 aromatic rings. The number of fused-ring (bicyclic) bond motifs is 1. The number of anilines is 2. The van der Waals surface area contributed by atoms with Crippen LogP contribution in [0.25, 0.3) is 21.3 Å². The molecule has 8 nitrogen and oxygen atoms in total. The van der Waals surface area contributed by atoms with Crippen LogP contribution in [0.4, 0.5) is 20.4 Å². The Morgan fingerprint density at radius 1 is 0.972 bits per heavy atom. The molecule has 11 heteroatoms. The lowest BCUT2D eigenvalue weighted by Crippen LogP contribution is -2.26. The number of thiophene rings is 1. The third-order valence-electron chi connectivity index (χ3n) is 5.43. The second-order valence-corrected chi connectivity index (χ2v) is 8.93. The number of carbonyl (C=O) groups excluding carboxylic acids is 1. The van der Waals surface area contributed by atoms with E-state index in [1.54, 1.807) is 11.3 Å². The van der Waals surface area contributed by atoms with E-state index in [1.807, 2.05) is 30.3 Å². The summed E-state index contributed by atoms with van der Waals surface area (Å²) in [7, 11) is 0. The van der Waals surface area contributed by atoms with Gasteiger partial charge in [-0.15, -0.1) is 11.3 Å². The van der Waals surface area contributed by atoms with Crippen molar-refractivity contribution < 1.29 is 13.6 Å². The molecule has 0 saturated carbocycles. The first-order chi connectivity index (χ1) is 17.5. The average Bonchev–Trinajstić information content (AvgIpc) is 3.37. The lowest BCUT2D eigenvalue weighted by Gasteiger charge is -2.10. The Kier molecular flexibility index (Phi) is 6.46. The molecule has 4 N–H and O–H groups in total. The SMILES string of the molecule is Nc1ncnc2ccc(-c3ccc(CNc4nccnc4C(=O)NCc4cccc(F)c4F)s3)cc12. The number of nitrogens with zero attached hydrogens (tertiary/aromatic N) is 4. The highest BCUT2D eigenvalue weighted by Gasteiger charge is 2.16. The van der Waals surface area contributed by atoms with E-state index in [-0.39, 0.29) is 23.6 Å². The van der Waals surface area contributed by atoms with Crippen molar-refractivity contribution in [1.82, 2.24) is 25.3 Å². The van der Waals surface area contributed by atoms with Crippen molar-refractivity contribution in [2.24, 2.45) is 0 Å². The highest BCUT2D eigenvalue weighted by molar-refractivity contribution is 7.15. The molecule has 0 aliphatic rings. The highest BCUT2D eigenvalue weighted by atomic mass is 32.1. The van der Waals surface area contributed by atoms with Crippen LogP contribution in [0.1, 0.15) is 20.9 Å². The van der Waals surface area contributed by atoms with Gasteiger partial charge in [-0.1, -0.05) is 18.2 Å². The number of benzene rings is 2. The van der Waals surface area contributed by atoms with Crippen LogP contribution < -0.4 is 16.4 Å². The summed E-state index contributed by atoms with van der Waals surface area (Å²) >= 11 is 1.57. The zero-order valence-corrected chi connectivity index (χ0v) is 19.5. The number of aromatic nitrogens is 4. The van der Waals surface area contributed by atoms with Crippen LogP contribution in [0.2, 0.25) is 0 Å². The summed E-state index contributed by atoms with van der Waals surface area (Å²) in [6.45, 7) is 0.217. The minimum Gasteiger partial charge on any atom is -0.383 e. The molecular formula is C25H19F2N7OS. The molecule has 0 bridgehead atoms. The van der Waals surface area contributed by atoms with E-state index in [0.717, 1.165) is 32.3 Å². The van der Waals surface area contributed by atoms with Gasteiger partial charge in [-0.05, 0) is 35.9 Å². The quantitative estimate of drug-likeness (QED) is 0.298. The summed E-state index contributed by atoms with van der Waals surface area (Å²) in [6.07, 6.45) is 4.29. The third-order valence-corrected chi connectivity index (χ3v) is 6.56. The van der Waals surface area contributed by atoms with Gasteiger partial charge in [0.1, 0.15) is 12.1 Å². The van der Waals surface area contributed by atoms with E-state index in [2.05, 4.69) is 30.6 Å². The minimum absolute atomic E-state index is 0.0369. The number of nitrogen functional groups attached to an aromatic ring is 1. The predicted octanol–water partition coefficient (Wildman–Crippen LogP) is 4.55. The van der Waals surface area contributed by atoms with Gasteiger partial charge >= 0.3 is 0 Å². The molecule has 0 aliphatic carbocycles. The summed E-state index contributed by atoms with van der Waals surface area (Å²) in [6, 6.07) is 13.6. The standard InChI is InChI=1S/C25H19F2N7OS/c26-18-3-1-2-15(21(18)27)11-32-25(35)22-24(30-9-8-29-22)31-12-16-5-7-20(36-16)14-4-6-19-17(10-14)23(28)34-13-33-19/h1-10,13H,11-12H2,(H,30,31)(H,32,35)(H2,28,33,34). The van der Waals surface area contributed by atoms with Crippen LogP contribution in [-0.4, -0.2) is 25.8 Å². The van der Waals surface area contributed by atoms with E-state index in [4.69, 9.17) is 5.73 Å². The number of halogens is 2. The van der Waals surface area contributed by atoms with E-state index in [0.29, 0.717) is 12.4 Å². The molecule has 0 saturated heterocycles. The maximum Gasteiger partial charge on any atom is 0.273 e. The van der Waals surface area contributed by atoms with Crippen LogP contribution >= 0.6 is 11.3 Å². The molecule has 5 rings (SSSR count). The lowest BCUT2D eigenvalue weighted by atomic mass is 10.1. The van der Waals surface area contributed by atoms with Gasteiger partial charge in [-0.3, -0.25) is 4.79 Å². The number of carbonyl (C=O) groups is 1. The van der Waals surface area contributed by atoms with Crippen molar-refractivity contribution in [2.75, 3.05) is 11.1 Å². The van der Waals surface area contributed by atoms with Crippen molar-refractivity contribution in [2.45, 2.75) is 13.1 Å². The number of hydrogen-bond acceptors (Lipinski definition) is 8. The largest absolute Gasteiger partial charge is 0.383 e. The number of nitrogens with two attached hydrogens (primary N) is 1. The lowest BCUT2D eigenvalue weighted by molar-refractivity contribution is 0.0946. The monoisotopic (exact) mass is 503 g/mol. The summed E-state index contributed by atoms with van der Waals surface area (Å²) in [5, 5.41) is 6.48. The van der Waals surface area contributed by atoms with Gasteiger partial charge in [0.2, 0.25) is 0 Å². The van der Waals surface area contributed by atoms with E-state index < -0.39 is 17.5 Å². The molecule has 0 fully saturated rings. The maximum atomic E-state index is 13.9. The van der Waals surface area contributed by atoms with Crippen molar-refractivity contribution in [3.8, 4) is 10.4 Å². The first kappa shape index (κ1) is 23.2. The Morgan fingerprint density at radius 3 is 2.72 bits per heavy atom. The number of hydrogen-bond donors (Lipinski definition) is 3. The number of amides is 1. The fourth-order valence-electron chi connectivity index (χ4n) is 3.61. The predicted molar refractivity (Wildman–Crippen MR) is 134 cm³/mol. The van der Waals surface area contributed by atoms with E-state index in [1.165, 1.54) is 30.9 Å². The first-order valence-electron chi connectivity index (χ1n) is 10.8. The fourth-order valence-corrected chi connectivity index (χ4v) is 4.55. The van der Waals surface area contributed by atoms with Crippen molar-refractivity contribution in [1.29, 1.82) is 0 Å². The number of nitrogens with one attached hydrogen (secondary N) is 2. The van der Waals surface area contributed by atoms with Gasteiger partial charge in [-0.25, -0.2) is 28.7 Å². The molecular weight excluding hydrogens is 484 g/mol. The summed E-state index contributed by atoms with van der Waals surface area (Å²) < 4.78 is 27.3. The molecule has 3 aromatic heterocycles. The van der Waals surface area contributed by atoms with Crippen molar-refractivity contribution in [3.63, 3.8) is 0 Å². The highest BCUT2D eigenvalue weighted by Crippen LogP contribution is 2.31. The van der Waals surface area contributed by atoms with Crippen LogP contribution in [0.5, 0.6) is 0 Å². The molecule has 2 aromatic carbocycles. The Balaban J connectivity index is 1.27. The smallest absolute Gasteiger partial charge is 0.273 e. The molecule has 0 unspecified atom stereocenters. The van der Waals surface area contributed by atoms with Gasteiger partial charge in [0.25, 0.3) is 5.91 Å². The molecule has 0 radical (unpaired) electrons. The molecule has 36 heavy (non-hydrogen) atoms. The normalized spacial score (nSPS) is 10.9. The van der Waals surface area contributed by atoms with Gasteiger partial charge < -0.3 is 16.4 Å². The van der Waals surface area contributed by atoms with Crippen LogP contribution in [0.3, 0.4) is 0 Å². The first-order valence-corrected chi connectivity index (χ1v) is 11.7. The Bertz CT molecular complexity index is 1570. The van der Waals surface area contributed by atoms with E-state index >= 15 is 0 Å². The Labute approximate surface area is 208 Å². The summed E-state index contributed by atoms with van der Waals surface area (Å²) in [5.74, 6) is -1.82. The second kappa shape index (κ2) is 10.0. The van der Waals surface area contributed by atoms with Crippen LogP contribution in [0.15, 0.2) is 67.3 Å². The molecule has 1 amide bonds. The minimum atomic E-state index is -0.995. The zero-order chi connectivity index (χ0) is 25.1. The molecule has 0 atom stereocenters. The maximum absolute atomic E-state index is 13.9. The molecule has 0 aliphatic heterocycles. The topological polar surface area (TPSA) is 119 Å². The number of rotatable bonds is 7. The fraction of sp³-hybridized carbons (Fsp3) is 0.0800. The van der Waals surface area contributed by atoms with Crippen LogP contribution in [0, 0.1) is 11.6 Å². The summed E-state index contributed by atoms with van der Waals surface area (Å²) in [4.78, 5) is 31.3. The van der Waals surface area contributed by atoms with Gasteiger partial charge in [-0.2, -0.15) is 0 Å². The average molecular weight is 504 g/mol. The summed E-state index contributed by atoms with van der Waals surface area (Å²) in [5.41, 5.74) is 7.84. The zero-order valence-electron chi connectivity index (χ0n) is 18.7. The molecule has 180 valence electrons. The molecule has 3 heterocycles. The van der Waals surface area contributed by atoms with Gasteiger partial charge in [0, 0.05) is 39.6 Å². The van der Waals surface area contributed by atoms with Gasteiger partial charge in [0.05, 0.1) is 12.1 Å². The van der Waals surface area contributed by atoms with Crippen LogP contribution in [-0.2, 0) is 13.1 Å². The van der Waals surface area contributed by atoms with Gasteiger partial charge in [0.15, 0.2) is 23.1 Å².